The van der Waals surface area contributed by atoms with Crippen LogP contribution in [0, 0.1) is 0 Å². The molecule has 1 saturated carbocycles. The first-order valence-corrected chi connectivity index (χ1v) is 14.8. The number of rotatable bonds is 7. The lowest BCUT2D eigenvalue weighted by Gasteiger charge is -2.30. The van der Waals surface area contributed by atoms with E-state index in [0.717, 1.165) is 53.8 Å². The molecule has 0 unspecified atom stereocenters. The molecule has 36 heavy (non-hydrogen) atoms. The van der Waals surface area contributed by atoms with Gasteiger partial charge in [-0.1, -0.05) is 0 Å². The molecule has 194 valence electrons. The SMILES string of the molecule is C=S1(=O)CCN(c2cc(-c3cc(C4CCC(O)CC4)n4nc(N[C@@H](C)COC)ncc34)ccn2)CC1. The molecule has 2 N–H and O–H groups in total. The first kappa shape index (κ1) is 25.0. The van der Waals surface area contributed by atoms with Gasteiger partial charge in [0.15, 0.2) is 0 Å². The first-order chi connectivity index (χ1) is 17.3. The molecule has 3 aromatic heterocycles. The lowest BCUT2D eigenvalue weighted by molar-refractivity contribution is 0.121. The average Bonchev–Trinajstić information content (AvgIpc) is 3.23. The van der Waals surface area contributed by atoms with E-state index in [1.165, 1.54) is 0 Å². The van der Waals surface area contributed by atoms with Crippen LogP contribution in [0.25, 0.3) is 16.6 Å². The number of aliphatic hydroxyl groups excluding tert-OH is 1. The predicted molar refractivity (Wildman–Crippen MR) is 146 cm³/mol. The predicted octanol–water partition coefficient (Wildman–Crippen LogP) is 2.79. The number of nitrogens with zero attached hydrogens (tertiary/aromatic N) is 5. The van der Waals surface area contributed by atoms with Gasteiger partial charge in [-0.05, 0) is 71.8 Å². The minimum atomic E-state index is -1.97. The molecule has 9 nitrogen and oxygen atoms in total. The quantitative estimate of drug-likeness (QED) is 0.466. The van der Waals surface area contributed by atoms with E-state index in [0.29, 0.717) is 43.1 Å². The van der Waals surface area contributed by atoms with Crippen LogP contribution in [-0.4, -0.2) is 85.2 Å². The highest BCUT2D eigenvalue weighted by molar-refractivity contribution is 8.00. The summed E-state index contributed by atoms with van der Waals surface area (Å²) in [5, 5.41) is 18.3. The van der Waals surface area contributed by atoms with Crippen LogP contribution >= 0.6 is 0 Å². The summed E-state index contributed by atoms with van der Waals surface area (Å²) >= 11 is 0. The van der Waals surface area contributed by atoms with Gasteiger partial charge in [-0.15, -0.1) is 5.10 Å². The van der Waals surface area contributed by atoms with Crippen LogP contribution in [0.2, 0.25) is 0 Å². The summed E-state index contributed by atoms with van der Waals surface area (Å²) in [5.74, 6) is 6.84. The smallest absolute Gasteiger partial charge is 0.241 e. The molecule has 5 rings (SSSR count). The highest BCUT2D eigenvalue weighted by Gasteiger charge is 2.26. The molecule has 0 bridgehead atoms. The van der Waals surface area contributed by atoms with E-state index in [2.05, 4.69) is 38.2 Å². The van der Waals surface area contributed by atoms with Gasteiger partial charge in [0.2, 0.25) is 5.95 Å². The maximum atomic E-state index is 12.3. The molecule has 1 aliphatic heterocycles. The summed E-state index contributed by atoms with van der Waals surface area (Å²) in [6.07, 6.45) is 6.97. The van der Waals surface area contributed by atoms with Gasteiger partial charge >= 0.3 is 0 Å². The number of pyridine rings is 1. The van der Waals surface area contributed by atoms with E-state index in [1.807, 2.05) is 29.9 Å². The molecule has 10 heteroatoms. The van der Waals surface area contributed by atoms with Crippen LogP contribution in [0.15, 0.2) is 30.6 Å². The molecular formula is C26H36N6O3S. The molecule has 4 heterocycles. The molecule has 2 aliphatic rings. The molecular weight excluding hydrogens is 476 g/mol. The number of fused-ring (bicyclic) bond motifs is 1. The van der Waals surface area contributed by atoms with E-state index >= 15 is 0 Å². The van der Waals surface area contributed by atoms with Crippen molar-refractivity contribution in [1.82, 2.24) is 19.6 Å². The molecule has 2 fully saturated rings. The second kappa shape index (κ2) is 10.4. The Balaban J connectivity index is 1.52. The highest BCUT2D eigenvalue weighted by Crippen LogP contribution is 2.38. The number of aliphatic hydroxyl groups is 1. The van der Waals surface area contributed by atoms with E-state index < -0.39 is 9.52 Å². The van der Waals surface area contributed by atoms with Crippen LogP contribution < -0.4 is 10.2 Å². The standard InChI is InChI=1S/C26H36N6O3S/c1-18(17-35-2)29-26-28-16-24-22(15-23(32(24)30-26)19-4-6-21(33)7-5-19)20-8-9-27-25(14-20)31-10-12-36(3,34)13-11-31/h8-9,14-16,18-19,21,33H,3-7,10-13,17H2,1-2H3,(H,29,30)/t18-,19?,21?/m0/s1. The zero-order chi connectivity index (χ0) is 25.3. The van der Waals surface area contributed by atoms with Gasteiger partial charge in [0.25, 0.3) is 0 Å². The monoisotopic (exact) mass is 512 g/mol. The Hall–Kier alpha value is -2.69. The van der Waals surface area contributed by atoms with Crippen molar-refractivity contribution < 1.29 is 14.1 Å². The summed E-state index contributed by atoms with van der Waals surface area (Å²) in [5.41, 5.74) is 4.20. The van der Waals surface area contributed by atoms with Crippen molar-refractivity contribution in [1.29, 1.82) is 0 Å². The Bertz CT molecular complexity index is 1300. The van der Waals surface area contributed by atoms with Crippen LogP contribution in [0.1, 0.15) is 44.2 Å². The second-order valence-corrected chi connectivity index (χ2v) is 12.9. The fourth-order valence-electron chi connectivity index (χ4n) is 5.24. The fraction of sp³-hybridized carbons (Fsp3) is 0.538. The summed E-state index contributed by atoms with van der Waals surface area (Å²) in [7, 11) is -0.285. The second-order valence-electron chi connectivity index (χ2n) is 10.1. The van der Waals surface area contributed by atoms with Crippen molar-refractivity contribution in [2.45, 2.75) is 50.7 Å². The summed E-state index contributed by atoms with van der Waals surface area (Å²) in [4.78, 5) is 11.4. The van der Waals surface area contributed by atoms with Crippen molar-refractivity contribution >= 4 is 32.7 Å². The zero-order valence-electron chi connectivity index (χ0n) is 21.1. The maximum Gasteiger partial charge on any atom is 0.241 e. The van der Waals surface area contributed by atoms with Crippen LogP contribution in [-0.2, 0) is 14.3 Å². The average molecular weight is 513 g/mol. The lowest BCUT2D eigenvalue weighted by atomic mass is 9.85. The third-order valence-corrected chi connectivity index (χ3v) is 9.15. The summed E-state index contributed by atoms with van der Waals surface area (Å²) < 4.78 is 19.6. The summed E-state index contributed by atoms with van der Waals surface area (Å²) in [6.45, 7) is 3.99. The zero-order valence-corrected chi connectivity index (χ0v) is 21.9. The van der Waals surface area contributed by atoms with Crippen molar-refractivity contribution in [3.63, 3.8) is 0 Å². The van der Waals surface area contributed by atoms with E-state index in [1.54, 1.807) is 7.11 Å². The van der Waals surface area contributed by atoms with Gasteiger partial charge < -0.3 is 20.1 Å². The summed E-state index contributed by atoms with van der Waals surface area (Å²) in [6, 6.07) is 6.44. The Labute approximate surface area is 212 Å². The Morgan fingerprint density at radius 3 is 2.69 bits per heavy atom. The maximum absolute atomic E-state index is 12.3. The van der Waals surface area contributed by atoms with Crippen molar-refractivity contribution in [2.24, 2.45) is 0 Å². The molecule has 1 saturated heterocycles. The number of ether oxygens (including phenoxy) is 1. The number of nitrogens with one attached hydrogen (secondary N) is 1. The van der Waals surface area contributed by atoms with Gasteiger partial charge in [-0.3, -0.25) is 4.21 Å². The van der Waals surface area contributed by atoms with E-state index in [4.69, 9.17) is 9.84 Å². The Morgan fingerprint density at radius 2 is 1.97 bits per heavy atom. The fourth-order valence-corrected chi connectivity index (χ4v) is 6.55. The van der Waals surface area contributed by atoms with Crippen LogP contribution in [0.5, 0.6) is 0 Å². The van der Waals surface area contributed by atoms with Gasteiger partial charge in [0.05, 0.1) is 24.4 Å². The van der Waals surface area contributed by atoms with E-state index in [-0.39, 0.29) is 12.1 Å². The lowest BCUT2D eigenvalue weighted by Crippen LogP contribution is -2.40. The largest absolute Gasteiger partial charge is 0.393 e. The molecule has 1 atom stereocenters. The highest BCUT2D eigenvalue weighted by atomic mass is 32.2. The van der Waals surface area contributed by atoms with Crippen molar-refractivity contribution in [3.8, 4) is 11.1 Å². The topological polar surface area (TPSA) is 105 Å². The van der Waals surface area contributed by atoms with Gasteiger partial charge in [-0.25, -0.2) is 14.5 Å². The third kappa shape index (κ3) is 5.35. The number of methoxy groups -OCH3 is 1. The van der Waals surface area contributed by atoms with Crippen molar-refractivity contribution in [3.05, 3.63) is 36.3 Å². The first-order valence-electron chi connectivity index (χ1n) is 12.7. The van der Waals surface area contributed by atoms with Gasteiger partial charge in [0, 0.05) is 61.1 Å². The molecule has 0 aromatic carbocycles. The normalized spacial score (nSPS) is 23.0. The molecule has 0 spiro atoms. The number of aromatic nitrogens is 4. The Morgan fingerprint density at radius 1 is 1.22 bits per heavy atom. The number of anilines is 2. The molecule has 0 amide bonds. The Kier molecular flexibility index (Phi) is 7.18. The van der Waals surface area contributed by atoms with Gasteiger partial charge in [0.1, 0.15) is 5.82 Å². The van der Waals surface area contributed by atoms with Crippen LogP contribution in [0.3, 0.4) is 0 Å². The molecule has 0 radical (unpaired) electrons. The number of hydrogen-bond acceptors (Lipinski definition) is 8. The molecule has 1 aliphatic carbocycles. The number of hydrogen-bond donors (Lipinski definition) is 2. The van der Waals surface area contributed by atoms with Crippen LogP contribution in [0.4, 0.5) is 11.8 Å². The minimum Gasteiger partial charge on any atom is -0.393 e. The van der Waals surface area contributed by atoms with Gasteiger partial charge in [-0.2, -0.15) is 0 Å². The van der Waals surface area contributed by atoms with E-state index in [9.17, 15) is 9.32 Å². The third-order valence-electron chi connectivity index (χ3n) is 7.30. The molecule has 3 aromatic rings. The van der Waals surface area contributed by atoms with Crippen molar-refractivity contribution in [2.75, 3.05) is 48.5 Å². The minimum absolute atomic E-state index is 0.0797.